The number of hydrogen-bond donors (Lipinski definition) is 0. The third-order valence-electron chi connectivity index (χ3n) is 4.41. The van der Waals surface area contributed by atoms with Crippen LogP contribution >= 0.6 is 23.2 Å². The van der Waals surface area contributed by atoms with Crippen LogP contribution in [0.5, 0.6) is 0 Å². The molecule has 1 aromatic carbocycles. The average molecular weight is 314 g/mol. The molecule has 20 heavy (non-hydrogen) atoms. The Morgan fingerprint density at radius 1 is 1.20 bits per heavy atom. The summed E-state index contributed by atoms with van der Waals surface area (Å²) >= 11 is 12.2. The van der Waals surface area contributed by atoms with E-state index < -0.39 is 0 Å². The largest absolute Gasteiger partial charge is 0.306 e. The van der Waals surface area contributed by atoms with Crippen molar-refractivity contribution in [3.05, 3.63) is 33.8 Å². The molecule has 0 bridgehead atoms. The summed E-state index contributed by atoms with van der Waals surface area (Å²) in [5, 5.41) is 1.18. The van der Waals surface area contributed by atoms with E-state index in [-0.39, 0.29) is 5.41 Å². The molecule has 1 saturated carbocycles. The van der Waals surface area contributed by atoms with Gasteiger partial charge < -0.3 is 4.90 Å². The van der Waals surface area contributed by atoms with Crippen LogP contribution in [0.3, 0.4) is 0 Å². The second-order valence-electron chi connectivity index (χ2n) is 5.78. The summed E-state index contributed by atoms with van der Waals surface area (Å²) in [5.41, 5.74) is 1.23. The fourth-order valence-corrected chi connectivity index (χ4v) is 3.30. The zero-order valence-corrected chi connectivity index (χ0v) is 13.6. The highest BCUT2D eigenvalue weighted by Crippen LogP contribution is 2.40. The number of carbonyl (C=O) groups excluding carboxylic acids is 1. The number of nitrogens with zero attached hydrogens (tertiary/aromatic N) is 1. The fourth-order valence-electron chi connectivity index (χ4n) is 3.00. The molecule has 0 aliphatic heterocycles. The smallest absolute Gasteiger partial charge is 0.132 e. The molecule has 4 heteroatoms. The highest BCUT2D eigenvalue weighted by Gasteiger charge is 2.37. The summed E-state index contributed by atoms with van der Waals surface area (Å²) in [6.07, 6.45) is 3.12. The van der Waals surface area contributed by atoms with E-state index in [0.717, 1.165) is 25.9 Å². The molecule has 2 rings (SSSR count). The molecule has 0 atom stereocenters. The van der Waals surface area contributed by atoms with Crippen molar-refractivity contribution in [1.29, 1.82) is 0 Å². The van der Waals surface area contributed by atoms with Crippen LogP contribution in [0.2, 0.25) is 10.0 Å². The van der Waals surface area contributed by atoms with Gasteiger partial charge in [-0.3, -0.25) is 4.79 Å². The van der Waals surface area contributed by atoms with Crippen molar-refractivity contribution in [3.8, 4) is 0 Å². The van der Waals surface area contributed by atoms with Crippen molar-refractivity contribution in [2.45, 2.75) is 38.0 Å². The van der Waals surface area contributed by atoms with Gasteiger partial charge >= 0.3 is 0 Å². The highest BCUT2D eigenvalue weighted by molar-refractivity contribution is 6.42. The number of carbonyl (C=O) groups is 1. The molecular formula is C16H21Cl2NO. The maximum atomic E-state index is 11.6. The van der Waals surface area contributed by atoms with Crippen molar-refractivity contribution >= 4 is 29.0 Å². The molecular weight excluding hydrogens is 293 g/mol. The Labute approximate surface area is 131 Å². The first kappa shape index (κ1) is 15.8. The molecule has 0 amide bonds. The van der Waals surface area contributed by atoms with Crippen LogP contribution in [0.4, 0.5) is 0 Å². The molecule has 2 nitrogen and oxygen atoms in total. The number of hydrogen-bond acceptors (Lipinski definition) is 2. The van der Waals surface area contributed by atoms with E-state index in [9.17, 15) is 4.79 Å². The minimum absolute atomic E-state index is 0.0207. The van der Waals surface area contributed by atoms with Crippen LogP contribution in [0.1, 0.15) is 38.2 Å². The Hall–Kier alpha value is -0.570. The van der Waals surface area contributed by atoms with Crippen molar-refractivity contribution in [1.82, 2.24) is 4.90 Å². The second-order valence-corrected chi connectivity index (χ2v) is 6.59. The van der Waals surface area contributed by atoms with Gasteiger partial charge in [-0.15, -0.1) is 0 Å². The zero-order valence-electron chi connectivity index (χ0n) is 12.1. The van der Waals surface area contributed by atoms with Crippen molar-refractivity contribution in [2.75, 3.05) is 20.1 Å². The third kappa shape index (κ3) is 3.36. The maximum absolute atomic E-state index is 11.6. The second kappa shape index (κ2) is 6.46. The Morgan fingerprint density at radius 2 is 1.85 bits per heavy atom. The summed E-state index contributed by atoms with van der Waals surface area (Å²) in [5.74, 6) is 0.375. The normalized spacial score (nSPS) is 18.6. The molecule has 0 heterocycles. The van der Waals surface area contributed by atoms with Gasteiger partial charge in [0.1, 0.15) is 5.78 Å². The fraction of sp³-hybridized carbons (Fsp3) is 0.562. The maximum Gasteiger partial charge on any atom is 0.132 e. The van der Waals surface area contributed by atoms with Gasteiger partial charge in [-0.25, -0.2) is 0 Å². The summed E-state index contributed by atoms with van der Waals surface area (Å²) in [4.78, 5) is 13.9. The van der Waals surface area contributed by atoms with Crippen LogP contribution in [-0.2, 0) is 10.2 Å². The number of halogens is 2. The lowest BCUT2D eigenvalue weighted by molar-refractivity contribution is -0.121. The van der Waals surface area contributed by atoms with Crippen molar-refractivity contribution in [3.63, 3.8) is 0 Å². The lowest BCUT2D eigenvalue weighted by Crippen LogP contribution is -2.42. The van der Waals surface area contributed by atoms with E-state index in [1.165, 1.54) is 5.56 Å². The lowest BCUT2D eigenvalue weighted by atomic mass is 9.68. The quantitative estimate of drug-likeness (QED) is 0.824. The van der Waals surface area contributed by atoms with E-state index in [1.807, 2.05) is 12.1 Å². The van der Waals surface area contributed by atoms with E-state index in [0.29, 0.717) is 28.7 Å². The first-order valence-corrected chi connectivity index (χ1v) is 7.88. The van der Waals surface area contributed by atoms with E-state index in [4.69, 9.17) is 23.2 Å². The predicted octanol–water partition coefficient (Wildman–Crippen LogP) is 4.33. The van der Waals surface area contributed by atoms with E-state index in [2.05, 4.69) is 24.9 Å². The Morgan fingerprint density at radius 3 is 2.40 bits per heavy atom. The van der Waals surface area contributed by atoms with E-state index >= 15 is 0 Å². The molecule has 1 aliphatic rings. The molecule has 110 valence electrons. The zero-order chi connectivity index (χ0) is 14.8. The molecule has 0 spiro atoms. The molecule has 0 saturated heterocycles. The Bertz CT molecular complexity index is 491. The number of ketones is 1. The number of benzene rings is 1. The van der Waals surface area contributed by atoms with Crippen LogP contribution in [0.15, 0.2) is 18.2 Å². The highest BCUT2D eigenvalue weighted by atomic mass is 35.5. The lowest BCUT2D eigenvalue weighted by Gasteiger charge is -2.40. The Balaban J connectivity index is 2.34. The van der Waals surface area contributed by atoms with Gasteiger partial charge in [-0.2, -0.15) is 0 Å². The van der Waals surface area contributed by atoms with Crippen LogP contribution < -0.4 is 0 Å². The minimum atomic E-state index is 0.0207. The van der Waals surface area contributed by atoms with Gasteiger partial charge in [0.15, 0.2) is 0 Å². The van der Waals surface area contributed by atoms with Crippen molar-refractivity contribution in [2.24, 2.45) is 0 Å². The van der Waals surface area contributed by atoms with Crippen LogP contribution in [-0.4, -0.2) is 30.8 Å². The molecule has 0 N–H and O–H groups in total. The standard InChI is InChI=1S/C16H21Cl2NO/c1-3-19(2)11-16(8-6-13(20)7-9-16)12-4-5-14(17)15(18)10-12/h4-5,10H,3,6-9,11H2,1-2H3. The monoisotopic (exact) mass is 313 g/mol. The minimum Gasteiger partial charge on any atom is -0.306 e. The van der Waals surface area contributed by atoms with E-state index in [1.54, 1.807) is 0 Å². The van der Waals surface area contributed by atoms with Gasteiger partial charge in [-0.1, -0.05) is 36.2 Å². The summed E-state index contributed by atoms with van der Waals surface area (Å²) in [6.45, 7) is 4.10. The summed E-state index contributed by atoms with van der Waals surface area (Å²) in [7, 11) is 2.12. The topological polar surface area (TPSA) is 20.3 Å². The Kier molecular flexibility index (Phi) is 5.11. The number of rotatable bonds is 4. The summed E-state index contributed by atoms with van der Waals surface area (Å²) < 4.78 is 0. The predicted molar refractivity (Wildman–Crippen MR) is 84.8 cm³/mol. The van der Waals surface area contributed by atoms with Gasteiger partial charge in [0.2, 0.25) is 0 Å². The number of likely N-dealkylation sites (N-methyl/N-ethyl adjacent to an activating group) is 1. The van der Waals surface area contributed by atoms with Crippen molar-refractivity contribution < 1.29 is 4.79 Å². The molecule has 0 aromatic heterocycles. The first-order chi connectivity index (χ1) is 9.47. The molecule has 1 fully saturated rings. The molecule has 0 unspecified atom stereocenters. The molecule has 1 aliphatic carbocycles. The van der Waals surface area contributed by atoms with Gasteiger partial charge in [-0.05, 0) is 44.1 Å². The van der Waals surface area contributed by atoms with Gasteiger partial charge in [0.25, 0.3) is 0 Å². The SMILES string of the molecule is CCN(C)CC1(c2ccc(Cl)c(Cl)c2)CCC(=O)CC1. The third-order valence-corrected chi connectivity index (χ3v) is 5.15. The first-order valence-electron chi connectivity index (χ1n) is 7.12. The van der Waals surface area contributed by atoms with Crippen LogP contribution in [0.25, 0.3) is 0 Å². The van der Waals surface area contributed by atoms with Gasteiger partial charge in [0, 0.05) is 24.8 Å². The summed E-state index contributed by atoms with van der Waals surface area (Å²) in [6, 6.07) is 5.90. The number of Topliss-reactive ketones (excluding diaryl/α,β-unsaturated/α-hetero) is 1. The van der Waals surface area contributed by atoms with Crippen LogP contribution in [0, 0.1) is 0 Å². The average Bonchev–Trinajstić information content (AvgIpc) is 2.44. The molecule has 0 radical (unpaired) electrons. The van der Waals surface area contributed by atoms with Gasteiger partial charge in [0.05, 0.1) is 10.0 Å². The molecule has 1 aromatic rings.